The van der Waals surface area contributed by atoms with Crippen LogP contribution in [0.2, 0.25) is 6.32 Å². The van der Waals surface area contributed by atoms with Crippen LogP contribution in [0, 0.1) is 9.85 Å². The van der Waals surface area contributed by atoms with Gasteiger partial charge in [0.2, 0.25) is 0 Å². The number of rotatable bonds is 0. The molecular weight excluding hydrogens is 174 g/mol. The molecule has 0 aromatic rings. The van der Waals surface area contributed by atoms with E-state index in [2.05, 4.69) is 9.85 Å². The van der Waals surface area contributed by atoms with Crippen LogP contribution < -0.4 is 0 Å². The van der Waals surface area contributed by atoms with Crippen molar-refractivity contribution in [2.75, 3.05) is 0 Å². The lowest BCUT2D eigenvalue weighted by atomic mass is 10.1. The Kier molecular flexibility index (Phi) is 4.66. The molecule has 0 heterocycles. The molecule has 0 bridgehead atoms. The average molecular weight is 176 g/mol. The molecule has 0 spiro atoms. The van der Waals surface area contributed by atoms with Gasteiger partial charge in [-0.15, -0.1) is 5.92 Å². The quantitative estimate of drug-likeness (QED) is 0.293. The fourth-order valence-corrected chi connectivity index (χ4v) is 0.259. The number of hydrogen-bond donors (Lipinski definition) is 0. The predicted octanol–water partition coefficient (Wildman–Crippen LogP) is 0.969. The SMILES string of the molecule is [B]CC#CI. The summed E-state index contributed by atoms with van der Waals surface area (Å²) < 4.78 is 2.61. The minimum absolute atomic E-state index is 0.475. The first-order valence-electron chi connectivity index (χ1n) is 1.20. The maximum atomic E-state index is 4.96. The summed E-state index contributed by atoms with van der Waals surface area (Å²) in [6.07, 6.45) is 0.475. The second-order valence-corrected chi connectivity index (χ2v) is 1.01. The van der Waals surface area contributed by atoms with Crippen LogP contribution in [0.3, 0.4) is 0 Å². The van der Waals surface area contributed by atoms with Crippen molar-refractivity contribution in [3.8, 4) is 9.85 Å². The molecule has 0 aromatic carbocycles. The topological polar surface area (TPSA) is 0 Å². The van der Waals surface area contributed by atoms with Gasteiger partial charge in [0.1, 0.15) is 0 Å². The largest absolute Gasteiger partial charge is 0.102 e. The molecule has 2 heteroatoms. The maximum absolute atomic E-state index is 4.96. The molecule has 24 valence electrons. The van der Waals surface area contributed by atoms with Crippen LogP contribution in [0.4, 0.5) is 0 Å². The van der Waals surface area contributed by atoms with Crippen molar-refractivity contribution in [3.05, 3.63) is 0 Å². The van der Waals surface area contributed by atoms with E-state index in [1.165, 1.54) is 0 Å². The molecule has 0 aliphatic rings. The summed E-state index contributed by atoms with van der Waals surface area (Å²) in [6, 6.07) is 0. The fourth-order valence-electron chi connectivity index (χ4n) is 0.0386. The van der Waals surface area contributed by atoms with Gasteiger partial charge in [-0.3, -0.25) is 0 Å². The Bertz CT molecular complexity index is 59.0. The van der Waals surface area contributed by atoms with Crippen molar-refractivity contribution >= 4 is 30.4 Å². The molecule has 0 fully saturated rings. The van der Waals surface area contributed by atoms with Crippen molar-refractivity contribution in [1.29, 1.82) is 0 Å². The van der Waals surface area contributed by atoms with Gasteiger partial charge < -0.3 is 0 Å². The highest BCUT2D eigenvalue weighted by molar-refractivity contribution is 14.1. The second kappa shape index (κ2) is 4.35. The highest BCUT2D eigenvalue weighted by atomic mass is 127. The Morgan fingerprint density at radius 2 is 2.40 bits per heavy atom. The van der Waals surface area contributed by atoms with E-state index in [1.807, 2.05) is 22.6 Å². The molecule has 0 aromatic heterocycles. The monoisotopic (exact) mass is 176 g/mol. The Morgan fingerprint density at radius 1 is 1.80 bits per heavy atom. The first kappa shape index (κ1) is 5.35. The fraction of sp³-hybridized carbons (Fsp3) is 0.333. The average Bonchev–Trinajstić information content (AvgIpc) is 1.41. The Balaban J connectivity index is 2.81. The smallest absolute Gasteiger partial charge is 0.0828 e. The summed E-state index contributed by atoms with van der Waals surface area (Å²) in [6.45, 7) is 0. The molecule has 0 amide bonds. The third-order valence-corrected chi connectivity index (χ3v) is 0.550. The minimum Gasteiger partial charge on any atom is -0.102 e. The molecule has 0 unspecified atom stereocenters. The van der Waals surface area contributed by atoms with Crippen LogP contribution >= 0.6 is 22.6 Å². The van der Waals surface area contributed by atoms with Gasteiger partial charge in [0, 0.05) is 22.6 Å². The molecule has 0 rings (SSSR count). The van der Waals surface area contributed by atoms with E-state index in [0.717, 1.165) is 0 Å². The van der Waals surface area contributed by atoms with E-state index in [4.69, 9.17) is 7.85 Å². The molecule has 0 aliphatic heterocycles. The van der Waals surface area contributed by atoms with E-state index in [-0.39, 0.29) is 0 Å². The zero-order valence-corrected chi connectivity index (χ0v) is 4.82. The highest BCUT2D eigenvalue weighted by Gasteiger charge is 1.50. The first-order valence-corrected chi connectivity index (χ1v) is 2.28. The number of hydrogen-bond acceptors (Lipinski definition) is 0. The molecule has 5 heavy (non-hydrogen) atoms. The molecule has 0 N–H and O–H groups in total. The summed E-state index contributed by atoms with van der Waals surface area (Å²) >= 11 is 1.95. The van der Waals surface area contributed by atoms with Gasteiger partial charge in [-0.25, -0.2) is 0 Å². The van der Waals surface area contributed by atoms with Gasteiger partial charge in [0.15, 0.2) is 0 Å². The minimum atomic E-state index is 0.475. The lowest BCUT2D eigenvalue weighted by Gasteiger charge is -1.56. The van der Waals surface area contributed by atoms with E-state index in [0.29, 0.717) is 6.32 Å². The lowest BCUT2D eigenvalue weighted by molar-refractivity contribution is 1.89. The van der Waals surface area contributed by atoms with Crippen LogP contribution in [0.5, 0.6) is 0 Å². The Morgan fingerprint density at radius 3 is 2.40 bits per heavy atom. The van der Waals surface area contributed by atoms with Crippen molar-refractivity contribution < 1.29 is 0 Å². The second-order valence-electron chi connectivity index (χ2n) is 0.475. The summed E-state index contributed by atoms with van der Waals surface area (Å²) in [5.74, 6) is 2.63. The zero-order chi connectivity index (χ0) is 4.12. The molecule has 0 nitrogen and oxygen atoms in total. The molecule has 0 saturated carbocycles. The van der Waals surface area contributed by atoms with Gasteiger partial charge in [-0.1, -0.05) is 0 Å². The van der Waals surface area contributed by atoms with Crippen molar-refractivity contribution in [2.24, 2.45) is 0 Å². The summed E-state index contributed by atoms with van der Waals surface area (Å²) in [5, 5.41) is 0. The number of halogens is 1. The summed E-state index contributed by atoms with van der Waals surface area (Å²) in [7, 11) is 4.96. The maximum Gasteiger partial charge on any atom is 0.0828 e. The summed E-state index contributed by atoms with van der Waals surface area (Å²) in [5.41, 5.74) is 0. The van der Waals surface area contributed by atoms with E-state index in [1.54, 1.807) is 0 Å². The first-order chi connectivity index (χ1) is 2.41. The molecule has 2 radical (unpaired) electrons. The van der Waals surface area contributed by atoms with Crippen LogP contribution in [0.25, 0.3) is 0 Å². The van der Waals surface area contributed by atoms with Crippen LogP contribution in [-0.2, 0) is 0 Å². The summed E-state index contributed by atoms with van der Waals surface area (Å²) in [4.78, 5) is 0. The van der Waals surface area contributed by atoms with Crippen LogP contribution in [-0.4, -0.2) is 7.85 Å². The van der Waals surface area contributed by atoms with E-state index in [9.17, 15) is 0 Å². The van der Waals surface area contributed by atoms with Gasteiger partial charge in [0.25, 0.3) is 0 Å². The van der Waals surface area contributed by atoms with Gasteiger partial charge in [0.05, 0.1) is 7.85 Å². The van der Waals surface area contributed by atoms with Crippen LogP contribution in [0.1, 0.15) is 0 Å². The van der Waals surface area contributed by atoms with Gasteiger partial charge in [-0.05, 0) is 10.2 Å². The third-order valence-electron chi connectivity index (χ3n) is 0.169. The van der Waals surface area contributed by atoms with E-state index >= 15 is 0 Å². The van der Waals surface area contributed by atoms with Gasteiger partial charge >= 0.3 is 0 Å². The molecule has 0 aliphatic carbocycles. The van der Waals surface area contributed by atoms with Crippen molar-refractivity contribution in [2.45, 2.75) is 6.32 Å². The zero-order valence-electron chi connectivity index (χ0n) is 2.66. The molecule has 0 saturated heterocycles. The van der Waals surface area contributed by atoms with Crippen LogP contribution in [0.15, 0.2) is 0 Å². The normalized spacial score (nSPS) is 5.00. The Labute approximate surface area is 46.9 Å². The van der Waals surface area contributed by atoms with Gasteiger partial charge in [-0.2, -0.15) is 0 Å². The third kappa shape index (κ3) is 4.35. The van der Waals surface area contributed by atoms with Crippen molar-refractivity contribution in [1.82, 2.24) is 0 Å². The van der Waals surface area contributed by atoms with Crippen molar-refractivity contribution in [3.63, 3.8) is 0 Å². The van der Waals surface area contributed by atoms with E-state index < -0.39 is 0 Å². The highest BCUT2D eigenvalue weighted by Crippen LogP contribution is 1.70. The standard InChI is InChI=1S/C3H2BI/c4-2-1-3-5/h2H2. The molecular formula is C3H2BI. The predicted molar refractivity (Wildman–Crippen MR) is 32.4 cm³/mol. The Hall–Kier alpha value is 0.355. The lowest BCUT2D eigenvalue weighted by Crippen LogP contribution is -1.51. The molecule has 0 atom stereocenters.